The predicted octanol–water partition coefficient (Wildman–Crippen LogP) is 4.29. The minimum atomic E-state index is -0.107. The molecule has 0 atom stereocenters. The quantitative estimate of drug-likeness (QED) is 0.816. The van der Waals surface area contributed by atoms with Crippen molar-refractivity contribution in [3.63, 3.8) is 0 Å². The first kappa shape index (κ1) is 17.4. The Morgan fingerprint density at radius 1 is 1.04 bits per heavy atom. The van der Waals surface area contributed by atoms with E-state index in [-0.39, 0.29) is 11.9 Å². The highest BCUT2D eigenvalue weighted by molar-refractivity contribution is 5.92. The van der Waals surface area contributed by atoms with Crippen LogP contribution in [0.5, 0.6) is 0 Å². The van der Waals surface area contributed by atoms with Crippen molar-refractivity contribution >= 4 is 17.5 Å². The van der Waals surface area contributed by atoms with Gasteiger partial charge < -0.3 is 10.6 Å². The van der Waals surface area contributed by atoms with Crippen LogP contribution in [0.4, 0.5) is 11.6 Å². The lowest BCUT2D eigenvalue weighted by Crippen LogP contribution is -2.35. The summed E-state index contributed by atoms with van der Waals surface area (Å²) in [7, 11) is 0. The molecule has 5 heteroatoms. The largest absolute Gasteiger partial charge is 0.348 e. The molecule has 0 unspecified atom stereocenters. The highest BCUT2D eigenvalue weighted by Crippen LogP contribution is 2.18. The zero-order valence-electron chi connectivity index (χ0n) is 15.0. The van der Waals surface area contributed by atoms with E-state index in [1.807, 2.05) is 38.1 Å². The number of nitrogens with zero attached hydrogens (tertiary/aromatic N) is 2. The third-order valence-corrected chi connectivity index (χ3v) is 4.55. The number of hydrogen-bond donors (Lipinski definition) is 2. The summed E-state index contributed by atoms with van der Waals surface area (Å²) >= 11 is 0. The molecular weight excluding hydrogens is 312 g/mol. The van der Waals surface area contributed by atoms with Crippen LogP contribution in [0, 0.1) is 13.8 Å². The Morgan fingerprint density at radius 2 is 1.80 bits per heavy atom. The van der Waals surface area contributed by atoms with Gasteiger partial charge in [-0.25, -0.2) is 9.97 Å². The molecule has 2 aromatic rings. The van der Waals surface area contributed by atoms with E-state index in [1.54, 1.807) is 6.07 Å². The van der Waals surface area contributed by atoms with Gasteiger partial charge in [0.2, 0.25) is 5.95 Å². The molecule has 1 aromatic heterocycles. The van der Waals surface area contributed by atoms with Gasteiger partial charge in [0.25, 0.3) is 5.91 Å². The topological polar surface area (TPSA) is 66.9 Å². The van der Waals surface area contributed by atoms with E-state index in [1.165, 1.54) is 25.7 Å². The van der Waals surface area contributed by atoms with Crippen LogP contribution in [-0.2, 0) is 0 Å². The van der Waals surface area contributed by atoms with Gasteiger partial charge in [0.15, 0.2) is 0 Å². The van der Waals surface area contributed by atoms with Gasteiger partial charge in [-0.05, 0) is 50.5 Å². The molecule has 1 saturated carbocycles. The molecule has 1 fully saturated rings. The van der Waals surface area contributed by atoms with Crippen molar-refractivity contribution in [1.29, 1.82) is 0 Å². The number of rotatable bonds is 4. The summed E-state index contributed by atoms with van der Waals surface area (Å²) in [4.78, 5) is 21.4. The lowest BCUT2D eigenvalue weighted by Gasteiger charge is -2.16. The van der Waals surface area contributed by atoms with E-state index in [4.69, 9.17) is 0 Å². The Morgan fingerprint density at radius 3 is 2.52 bits per heavy atom. The Labute approximate surface area is 149 Å². The summed E-state index contributed by atoms with van der Waals surface area (Å²) in [6.45, 7) is 3.92. The van der Waals surface area contributed by atoms with Crippen molar-refractivity contribution in [2.75, 3.05) is 5.32 Å². The van der Waals surface area contributed by atoms with E-state index in [2.05, 4.69) is 20.6 Å². The maximum atomic E-state index is 12.6. The maximum absolute atomic E-state index is 12.6. The van der Waals surface area contributed by atoms with Gasteiger partial charge in [-0.2, -0.15) is 0 Å². The number of amides is 1. The van der Waals surface area contributed by atoms with Gasteiger partial charge in [0.05, 0.1) is 0 Å². The zero-order chi connectivity index (χ0) is 17.6. The number of hydrogen-bond acceptors (Lipinski definition) is 4. The summed E-state index contributed by atoms with van der Waals surface area (Å²) in [5.41, 5.74) is 3.27. The van der Waals surface area contributed by atoms with E-state index >= 15 is 0 Å². The van der Waals surface area contributed by atoms with Crippen molar-refractivity contribution < 1.29 is 4.79 Å². The lowest BCUT2D eigenvalue weighted by molar-refractivity contribution is 0.0928. The minimum absolute atomic E-state index is 0.107. The van der Waals surface area contributed by atoms with Crippen molar-refractivity contribution in [1.82, 2.24) is 15.3 Å². The Kier molecular flexibility index (Phi) is 5.64. The Bertz CT molecular complexity index is 736. The number of aryl methyl sites for hydroxylation is 2. The van der Waals surface area contributed by atoms with Crippen molar-refractivity contribution in [2.45, 2.75) is 58.4 Å². The van der Waals surface area contributed by atoms with Crippen LogP contribution in [0.2, 0.25) is 0 Å². The molecule has 0 aliphatic heterocycles. The SMILES string of the molecule is Cc1cccc(Nc2nc(C)cc(C(=O)NC3CCCCCC3)n2)c1. The first-order chi connectivity index (χ1) is 12.1. The molecule has 1 aliphatic carbocycles. The molecule has 1 aliphatic rings. The van der Waals surface area contributed by atoms with Gasteiger partial charge in [-0.1, -0.05) is 37.8 Å². The number of nitrogens with one attached hydrogen (secondary N) is 2. The molecular formula is C20H26N4O. The van der Waals surface area contributed by atoms with Crippen LogP contribution >= 0.6 is 0 Å². The van der Waals surface area contributed by atoms with Crippen LogP contribution in [0.25, 0.3) is 0 Å². The number of aromatic nitrogens is 2. The average molecular weight is 338 g/mol. The smallest absolute Gasteiger partial charge is 0.270 e. The van der Waals surface area contributed by atoms with Crippen LogP contribution in [-0.4, -0.2) is 21.9 Å². The normalized spacial score (nSPS) is 15.4. The Balaban J connectivity index is 1.73. The molecule has 1 amide bonds. The summed E-state index contributed by atoms with van der Waals surface area (Å²) in [5.74, 6) is 0.348. The summed E-state index contributed by atoms with van der Waals surface area (Å²) in [6.07, 6.45) is 7.03. The molecule has 0 spiro atoms. The molecule has 1 heterocycles. The summed E-state index contributed by atoms with van der Waals surface area (Å²) in [5, 5.41) is 6.34. The number of benzene rings is 1. The third-order valence-electron chi connectivity index (χ3n) is 4.55. The molecule has 1 aromatic carbocycles. The second kappa shape index (κ2) is 8.10. The lowest BCUT2D eigenvalue weighted by atomic mass is 10.1. The fourth-order valence-electron chi connectivity index (χ4n) is 3.28. The van der Waals surface area contributed by atoms with E-state index < -0.39 is 0 Å². The van der Waals surface area contributed by atoms with Crippen molar-refractivity contribution in [2.24, 2.45) is 0 Å². The minimum Gasteiger partial charge on any atom is -0.348 e. The van der Waals surface area contributed by atoms with Gasteiger partial charge in [-0.3, -0.25) is 4.79 Å². The second-order valence-electron chi connectivity index (χ2n) is 6.87. The number of anilines is 2. The highest BCUT2D eigenvalue weighted by Gasteiger charge is 2.17. The summed E-state index contributed by atoms with van der Waals surface area (Å²) < 4.78 is 0. The Hall–Kier alpha value is -2.43. The van der Waals surface area contributed by atoms with Crippen LogP contribution in [0.1, 0.15) is 60.3 Å². The number of carbonyl (C=O) groups excluding carboxylic acids is 1. The first-order valence-corrected chi connectivity index (χ1v) is 9.10. The number of carbonyl (C=O) groups is 1. The van der Waals surface area contributed by atoms with Crippen molar-refractivity contribution in [3.8, 4) is 0 Å². The fourth-order valence-corrected chi connectivity index (χ4v) is 3.28. The molecule has 3 rings (SSSR count). The van der Waals surface area contributed by atoms with E-state index in [0.717, 1.165) is 29.8 Å². The predicted molar refractivity (Wildman–Crippen MR) is 100 cm³/mol. The van der Waals surface area contributed by atoms with Gasteiger partial charge >= 0.3 is 0 Å². The third kappa shape index (κ3) is 5.02. The van der Waals surface area contributed by atoms with E-state index in [9.17, 15) is 4.79 Å². The first-order valence-electron chi connectivity index (χ1n) is 9.10. The molecule has 25 heavy (non-hydrogen) atoms. The molecule has 0 saturated heterocycles. The maximum Gasteiger partial charge on any atom is 0.270 e. The van der Waals surface area contributed by atoms with Crippen molar-refractivity contribution in [3.05, 3.63) is 47.3 Å². The monoisotopic (exact) mass is 338 g/mol. The molecule has 5 nitrogen and oxygen atoms in total. The zero-order valence-corrected chi connectivity index (χ0v) is 15.0. The standard InChI is InChI=1S/C20H26N4O/c1-14-8-7-11-17(12-14)23-20-21-15(2)13-18(24-20)19(25)22-16-9-5-3-4-6-10-16/h7-8,11-13,16H,3-6,9-10H2,1-2H3,(H,22,25)(H,21,23,24). The molecule has 0 radical (unpaired) electrons. The van der Waals surface area contributed by atoms with Gasteiger partial charge in [0.1, 0.15) is 5.69 Å². The van der Waals surface area contributed by atoms with Crippen LogP contribution < -0.4 is 10.6 Å². The van der Waals surface area contributed by atoms with Gasteiger partial charge in [0, 0.05) is 17.4 Å². The van der Waals surface area contributed by atoms with Gasteiger partial charge in [-0.15, -0.1) is 0 Å². The fraction of sp³-hybridized carbons (Fsp3) is 0.450. The van der Waals surface area contributed by atoms with Crippen LogP contribution in [0.15, 0.2) is 30.3 Å². The average Bonchev–Trinajstić information content (AvgIpc) is 2.83. The second-order valence-corrected chi connectivity index (χ2v) is 6.87. The summed E-state index contributed by atoms with van der Waals surface area (Å²) in [6, 6.07) is 10.0. The van der Waals surface area contributed by atoms with Crippen LogP contribution in [0.3, 0.4) is 0 Å². The molecule has 2 N–H and O–H groups in total. The highest BCUT2D eigenvalue weighted by atomic mass is 16.1. The molecule has 0 bridgehead atoms. The molecule has 132 valence electrons. The van der Waals surface area contributed by atoms with E-state index in [0.29, 0.717) is 11.6 Å².